The molecule has 1 atom stereocenters. The molecule has 4 nitrogen and oxygen atoms in total. The summed E-state index contributed by atoms with van der Waals surface area (Å²) >= 11 is 0. The van der Waals surface area contributed by atoms with Crippen LogP contribution in [-0.2, 0) is 0 Å². The zero-order valence-electron chi connectivity index (χ0n) is 9.92. The van der Waals surface area contributed by atoms with Crippen molar-refractivity contribution in [2.75, 3.05) is 19.6 Å². The Balaban J connectivity index is 0.00000196. The maximum Gasteiger partial charge on any atom is 0.150 e. The van der Waals surface area contributed by atoms with Gasteiger partial charge in [0.2, 0.25) is 0 Å². The predicted octanol–water partition coefficient (Wildman–Crippen LogP) is 1.72. The largest absolute Gasteiger partial charge is 0.449 e. The van der Waals surface area contributed by atoms with Gasteiger partial charge in [-0.1, -0.05) is 6.92 Å². The average molecular weight is 465 g/mol. The number of carbonyl (C=O) groups excluding carboxylic acids is 1. The van der Waals surface area contributed by atoms with Crippen LogP contribution < -0.4 is 5.32 Å². The number of likely N-dealkylation sites (tertiary alicyclic amines) is 1. The van der Waals surface area contributed by atoms with E-state index in [-0.39, 0.29) is 0 Å². The first-order chi connectivity index (χ1) is 6.50. The minimum Gasteiger partial charge on any atom is -0.449 e. The molecule has 1 aliphatic heterocycles. The van der Waals surface area contributed by atoms with E-state index in [0.717, 1.165) is 13.1 Å². The summed E-state index contributed by atoms with van der Waals surface area (Å²) in [6.07, 6.45) is 0. The number of carbonyl (C=O) groups is 1. The van der Waals surface area contributed by atoms with Crippen LogP contribution in [0.2, 0.25) is 0 Å². The fraction of sp³-hybridized carbons (Fsp3) is 0.900. The Morgan fingerprint density at radius 1 is 1.47 bits per heavy atom. The summed E-state index contributed by atoms with van der Waals surface area (Å²) in [5.41, 5.74) is 6.73. The summed E-state index contributed by atoms with van der Waals surface area (Å²) in [7, 11) is 0. The van der Waals surface area contributed by atoms with E-state index >= 15 is 0 Å². The summed E-state index contributed by atoms with van der Waals surface area (Å²) in [6.45, 7) is 9.44. The fourth-order valence-electron chi connectivity index (χ4n) is 1.75. The number of amides is 2. The van der Waals surface area contributed by atoms with E-state index in [1.165, 1.54) is 0 Å². The minimum absolute atomic E-state index is 0. The molecule has 1 aliphatic rings. The van der Waals surface area contributed by atoms with Crippen LogP contribution in [-0.4, -0.2) is 36.6 Å². The van der Waals surface area contributed by atoms with Gasteiger partial charge in [0.25, 0.3) is 0 Å². The number of nitrogens with one attached hydrogen (secondary N) is 2. The molecule has 0 aromatic carbocycles. The van der Waals surface area contributed by atoms with E-state index < -0.39 is 6.03 Å². The molecule has 1 saturated heterocycles. The van der Waals surface area contributed by atoms with Crippen molar-refractivity contribution in [3.8, 4) is 0 Å². The summed E-state index contributed by atoms with van der Waals surface area (Å²) in [5, 5.41) is 2.55. The van der Waals surface area contributed by atoms with Crippen LogP contribution in [0, 0.1) is 11.8 Å². The van der Waals surface area contributed by atoms with Crippen LogP contribution in [0.3, 0.4) is 0 Å². The van der Waals surface area contributed by atoms with Crippen molar-refractivity contribution in [3.05, 3.63) is 5.73 Å². The fourth-order valence-corrected chi connectivity index (χ4v) is 1.75. The van der Waals surface area contributed by atoms with Gasteiger partial charge in [-0.3, -0.25) is 4.79 Å². The third-order valence-electron chi connectivity index (χ3n) is 3.06. The van der Waals surface area contributed by atoms with Crippen molar-refractivity contribution in [2.45, 2.75) is 26.8 Å². The molecular weight excluding hydrogens is 445 g/mol. The normalized spacial score (nSPS) is 19.2. The number of urea groups is 1. The Morgan fingerprint density at radius 3 is 2.40 bits per heavy atom. The van der Waals surface area contributed by atoms with E-state index in [1.807, 2.05) is 0 Å². The Labute approximate surface area is 85.8 Å². The standard InChI is InChI=1S/C10H21N3O.Rf/c1-7(2)13-5-9(6-13)8(3)4-12-10(11)14;/h7-9H,4-6H2,1-3H3,(H3,11,12,14);/p-1. The second-order valence-corrected chi connectivity index (χ2v) is 4.50. The second kappa shape index (κ2) is 5.20. The molecule has 1 rings (SSSR count). The molecule has 1 fully saturated rings. The molecule has 0 bridgehead atoms. The van der Waals surface area contributed by atoms with Gasteiger partial charge < -0.3 is 16.0 Å². The Kier molecular flexibility index (Phi) is 4.58. The molecule has 0 aromatic rings. The molecule has 2 amide bonds. The van der Waals surface area contributed by atoms with Gasteiger partial charge >= 0.3 is 0 Å². The first kappa shape index (κ1) is 13.2. The van der Waals surface area contributed by atoms with E-state index in [4.69, 9.17) is 5.73 Å². The molecule has 2 N–H and O–H groups in total. The van der Waals surface area contributed by atoms with Crippen LogP contribution in [0.1, 0.15) is 20.8 Å². The van der Waals surface area contributed by atoms with Crippen LogP contribution in [0.5, 0.6) is 0 Å². The molecule has 84 valence electrons. The first-order valence-electron chi connectivity index (χ1n) is 5.24. The first-order valence-corrected chi connectivity index (χ1v) is 5.24. The molecular formula is C10H20N3ORf-. The Morgan fingerprint density at radius 2 is 2.00 bits per heavy atom. The zero-order chi connectivity index (χ0) is 10.7. The zero-order valence-corrected chi connectivity index (χ0v) is 16.3. The minimum atomic E-state index is -0.670. The molecule has 15 heavy (non-hydrogen) atoms. The summed E-state index contributed by atoms with van der Waals surface area (Å²) in [4.78, 5) is 12.8. The Bertz CT molecular complexity index is 205. The van der Waals surface area contributed by atoms with Gasteiger partial charge in [0, 0.05) is 19.1 Å². The van der Waals surface area contributed by atoms with Crippen LogP contribution in [0.15, 0.2) is 0 Å². The van der Waals surface area contributed by atoms with Gasteiger partial charge in [-0.2, -0.15) is 0 Å². The summed E-state index contributed by atoms with van der Waals surface area (Å²) in [5.74, 6) is 1.17. The van der Waals surface area contributed by atoms with E-state index in [1.54, 1.807) is 0 Å². The van der Waals surface area contributed by atoms with Crippen LogP contribution in [0.25, 0.3) is 5.73 Å². The van der Waals surface area contributed by atoms with E-state index in [0.29, 0.717) is 24.4 Å². The third kappa shape index (κ3) is 3.46. The Hall–Kier alpha value is -1.77. The maximum absolute atomic E-state index is 10.4. The average Bonchev–Trinajstić information content (AvgIpc) is 1.97. The quantitative estimate of drug-likeness (QED) is 0.688. The smallest absolute Gasteiger partial charge is 0.150 e. The van der Waals surface area contributed by atoms with Crippen molar-refractivity contribution in [2.24, 2.45) is 11.8 Å². The van der Waals surface area contributed by atoms with E-state index in [9.17, 15) is 4.79 Å². The summed E-state index contributed by atoms with van der Waals surface area (Å²) < 4.78 is 0. The monoisotopic (exact) mass is 465 g/mol. The number of nitrogens with zero attached hydrogens (tertiary/aromatic N) is 1. The molecule has 0 spiro atoms. The topological polar surface area (TPSA) is 56.1 Å². The SMILES string of the molecule is CC(CNC([NH-])=O)C1CN(C(C)C)C1.[Rf]. The predicted molar refractivity (Wildman–Crippen MR) is 57.1 cm³/mol. The summed E-state index contributed by atoms with van der Waals surface area (Å²) in [6, 6.07) is -0.0406. The van der Waals surface area contributed by atoms with Gasteiger partial charge in [0.05, 0.1) is 0 Å². The van der Waals surface area contributed by atoms with Crippen LogP contribution >= 0.6 is 0 Å². The molecule has 5 heteroatoms. The molecule has 0 saturated carbocycles. The van der Waals surface area contributed by atoms with E-state index in [2.05, 4.69) is 31.0 Å². The number of rotatable bonds is 4. The second-order valence-electron chi connectivity index (χ2n) is 4.50. The van der Waals surface area contributed by atoms with Crippen molar-refractivity contribution >= 4 is 6.03 Å². The van der Waals surface area contributed by atoms with Crippen molar-refractivity contribution in [1.82, 2.24) is 10.2 Å². The van der Waals surface area contributed by atoms with Gasteiger partial charge in [0.1, 0.15) is 6.03 Å². The van der Waals surface area contributed by atoms with Crippen molar-refractivity contribution in [1.29, 1.82) is 0 Å². The van der Waals surface area contributed by atoms with Gasteiger partial charge in [-0.05, 0) is 32.2 Å². The number of hydrogen-bond acceptors (Lipinski definition) is 2. The van der Waals surface area contributed by atoms with Gasteiger partial charge in [-0.15, -0.1) is 0 Å². The van der Waals surface area contributed by atoms with Crippen LogP contribution in [0.4, 0.5) is 4.79 Å². The molecule has 0 aromatic heterocycles. The molecule has 1 heterocycles. The molecule has 0 aliphatic carbocycles. The third-order valence-corrected chi connectivity index (χ3v) is 3.06. The van der Waals surface area contributed by atoms with Gasteiger partial charge in [0.15, 0.2) is 0 Å². The van der Waals surface area contributed by atoms with Crippen molar-refractivity contribution in [3.63, 3.8) is 0 Å². The van der Waals surface area contributed by atoms with Gasteiger partial charge in [-0.25, -0.2) is 0 Å². The molecule has 1 unspecified atom stereocenters. The van der Waals surface area contributed by atoms with Crippen molar-refractivity contribution < 1.29 is 4.79 Å². The molecule has 0 radical (unpaired) electrons. The number of hydrogen-bond donors (Lipinski definition) is 1. The maximum atomic E-state index is 10.4.